The Bertz CT molecular complexity index is 960. The second kappa shape index (κ2) is 7.59. The SMILES string of the molecule is Fc1ccc(CNCc2ccc(-n3cc(-c4ccsc4)nn3)cc2)cc1. The molecule has 130 valence electrons. The Morgan fingerprint density at radius 3 is 2.27 bits per heavy atom. The van der Waals surface area contributed by atoms with Crippen molar-refractivity contribution in [2.24, 2.45) is 0 Å². The lowest BCUT2D eigenvalue weighted by molar-refractivity contribution is 0.625. The molecule has 0 spiro atoms. The Kier molecular flexibility index (Phi) is 4.86. The average molecular weight is 364 g/mol. The van der Waals surface area contributed by atoms with Crippen LogP contribution in [0.4, 0.5) is 4.39 Å². The molecular weight excluding hydrogens is 347 g/mol. The second-order valence-electron chi connectivity index (χ2n) is 5.96. The van der Waals surface area contributed by atoms with Gasteiger partial charge in [0.25, 0.3) is 0 Å². The molecule has 2 heterocycles. The Balaban J connectivity index is 1.37. The van der Waals surface area contributed by atoms with Crippen LogP contribution < -0.4 is 5.32 Å². The Hall–Kier alpha value is -2.83. The van der Waals surface area contributed by atoms with Crippen LogP contribution in [0.5, 0.6) is 0 Å². The summed E-state index contributed by atoms with van der Waals surface area (Å²) in [4.78, 5) is 0. The van der Waals surface area contributed by atoms with E-state index in [0.29, 0.717) is 6.54 Å². The predicted molar refractivity (Wildman–Crippen MR) is 102 cm³/mol. The molecule has 0 aliphatic carbocycles. The van der Waals surface area contributed by atoms with Crippen molar-refractivity contribution in [1.82, 2.24) is 20.3 Å². The van der Waals surface area contributed by atoms with Gasteiger partial charge in [-0.05, 0) is 46.8 Å². The summed E-state index contributed by atoms with van der Waals surface area (Å²) >= 11 is 1.65. The third-order valence-corrected chi connectivity index (χ3v) is 4.77. The molecule has 0 saturated carbocycles. The molecule has 0 aliphatic rings. The summed E-state index contributed by atoms with van der Waals surface area (Å²) in [6.45, 7) is 1.45. The number of hydrogen-bond acceptors (Lipinski definition) is 4. The third-order valence-electron chi connectivity index (χ3n) is 4.08. The van der Waals surface area contributed by atoms with Crippen molar-refractivity contribution in [3.05, 3.63) is 88.5 Å². The van der Waals surface area contributed by atoms with Gasteiger partial charge in [-0.15, -0.1) is 5.10 Å². The highest BCUT2D eigenvalue weighted by atomic mass is 32.1. The van der Waals surface area contributed by atoms with Gasteiger partial charge < -0.3 is 5.32 Å². The van der Waals surface area contributed by atoms with E-state index in [2.05, 4.69) is 33.1 Å². The first-order valence-corrected chi connectivity index (χ1v) is 9.21. The standard InChI is InChI=1S/C20H17FN4S/c21-18-5-1-15(2-6-18)11-22-12-16-3-7-19(8-4-16)25-13-20(23-24-25)17-9-10-26-14-17/h1-10,13-14,22H,11-12H2. The van der Waals surface area contributed by atoms with Crippen LogP contribution in [0.1, 0.15) is 11.1 Å². The summed E-state index contributed by atoms with van der Waals surface area (Å²) in [5.74, 6) is -0.209. The summed E-state index contributed by atoms with van der Waals surface area (Å²) in [6.07, 6.45) is 1.93. The van der Waals surface area contributed by atoms with Gasteiger partial charge in [0.15, 0.2) is 0 Å². The second-order valence-corrected chi connectivity index (χ2v) is 6.74. The van der Waals surface area contributed by atoms with Crippen LogP contribution in [0.15, 0.2) is 71.6 Å². The Morgan fingerprint density at radius 2 is 1.62 bits per heavy atom. The summed E-state index contributed by atoms with van der Waals surface area (Å²) < 4.78 is 14.7. The van der Waals surface area contributed by atoms with Crippen LogP contribution in [0.25, 0.3) is 16.9 Å². The monoisotopic (exact) mass is 364 g/mol. The maximum absolute atomic E-state index is 12.9. The van der Waals surface area contributed by atoms with Crippen LogP contribution in [0.3, 0.4) is 0 Å². The zero-order valence-corrected chi connectivity index (χ0v) is 14.8. The molecule has 2 aromatic carbocycles. The summed E-state index contributed by atoms with van der Waals surface area (Å²) in [6, 6.07) is 16.8. The number of halogens is 1. The first kappa shape index (κ1) is 16.6. The summed E-state index contributed by atoms with van der Waals surface area (Å²) in [5.41, 5.74) is 5.17. The Morgan fingerprint density at radius 1 is 0.923 bits per heavy atom. The summed E-state index contributed by atoms with van der Waals surface area (Å²) in [5, 5.41) is 15.9. The molecule has 0 fully saturated rings. The molecule has 0 amide bonds. The van der Waals surface area contributed by atoms with Gasteiger partial charge in [-0.3, -0.25) is 0 Å². The molecule has 4 nitrogen and oxygen atoms in total. The van der Waals surface area contributed by atoms with Crippen molar-refractivity contribution in [1.29, 1.82) is 0 Å². The van der Waals surface area contributed by atoms with Crippen molar-refractivity contribution in [3.63, 3.8) is 0 Å². The van der Waals surface area contributed by atoms with Crippen molar-refractivity contribution < 1.29 is 4.39 Å². The largest absolute Gasteiger partial charge is 0.309 e. The lowest BCUT2D eigenvalue weighted by Crippen LogP contribution is -2.12. The van der Waals surface area contributed by atoms with Crippen molar-refractivity contribution in [2.75, 3.05) is 0 Å². The van der Waals surface area contributed by atoms with Crippen LogP contribution in [0.2, 0.25) is 0 Å². The first-order chi connectivity index (χ1) is 12.8. The minimum Gasteiger partial charge on any atom is -0.309 e. The fourth-order valence-electron chi connectivity index (χ4n) is 2.65. The average Bonchev–Trinajstić information content (AvgIpc) is 3.36. The van der Waals surface area contributed by atoms with E-state index in [0.717, 1.165) is 29.1 Å². The van der Waals surface area contributed by atoms with Gasteiger partial charge in [0.2, 0.25) is 0 Å². The van der Waals surface area contributed by atoms with Crippen LogP contribution in [0, 0.1) is 5.82 Å². The molecule has 26 heavy (non-hydrogen) atoms. The highest BCUT2D eigenvalue weighted by Gasteiger charge is 2.05. The van der Waals surface area contributed by atoms with E-state index in [9.17, 15) is 4.39 Å². The van der Waals surface area contributed by atoms with Crippen LogP contribution >= 0.6 is 11.3 Å². The number of thiophene rings is 1. The molecule has 6 heteroatoms. The maximum Gasteiger partial charge on any atom is 0.123 e. The minimum atomic E-state index is -0.209. The van der Waals surface area contributed by atoms with Crippen molar-refractivity contribution >= 4 is 11.3 Å². The minimum absolute atomic E-state index is 0.209. The van der Waals surface area contributed by atoms with Gasteiger partial charge in [-0.1, -0.05) is 29.5 Å². The molecule has 4 rings (SSSR count). The molecular formula is C20H17FN4S. The fraction of sp³-hybridized carbons (Fsp3) is 0.100. The quantitative estimate of drug-likeness (QED) is 0.551. The first-order valence-electron chi connectivity index (χ1n) is 8.27. The molecule has 0 aliphatic heterocycles. The van der Waals surface area contributed by atoms with E-state index in [1.807, 2.05) is 29.8 Å². The summed E-state index contributed by atoms with van der Waals surface area (Å²) in [7, 11) is 0. The predicted octanol–water partition coefficient (Wildman–Crippen LogP) is 4.42. The number of aromatic nitrogens is 3. The maximum atomic E-state index is 12.9. The molecule has 0 saturated heterocycles. The van der Waals surface area contributed by atoms with Crippen molar-refractivity contribution in [2.45, 2.75) is 13.1 Å². The van der Waals surface area contributed by atoms with E-state index in [-0.39, 0.29) is 5.82 Å². The lowest BCUT2D eigenvalue weighted by Gasteiger charge is -2.06. The molecule has 2 aromatic heterocycles. The molecule has 0 atom stereocenters. The molecule has 0 radical (unpaired) electrons. The number of nitrogens with one attached hydrogen (secondary N) is 1. The number of rotatable bonds is 6. The number of hydrogen-bond donors (Lipinski definition) is 1. The fourth-order valence-corrected chi connectivity index (χ4v) is 3.30. The third kappa shape index (κ3) is 3.87. The molecule has 1 N–H and O–H groups in total. The van der Waals surface area contributed by atoms with Gasteiger partial charge in [0, 0.05) is 24.0 Å². The van der Waals surface area contributed by atoms with Gasteiger partial charge in [-0.25, -0.2) is 9.07 Å². The zero-order chi connectivity index (χ0) is 17.8. The van der Waals surface area contributed by atoms with Gasteiger partial charge in [-0.2, -0.15) is 11.3 Å². The van der Waals surface area contributed by atoms with Crippen LogP contribution in [-0.2, 0) is 13.1 Å². The van der Waals surface area contributed by atoms with E-state index >= 15 is 0 Å². The van der Waals surface area contributed by atoms with Crippen LogP contribution in [-0.4, -0.2) is 15.0 Å². The Labute approximate surface area is 154 Å². The van der Waals surface area contributed by atoms with E-state index in [4.69, 9.17) is 0 Å². The molecule has 4 aromatic rings. The normalized spacial score (nSPS) is 11.0. The van der Waals surface area contributed by atoms with Gasteiger partial charge in [0.05, 0.1) is 11.9 Å². The number of nitrogens with zero attached hydrogens (tertiary/aromatic N) is 3. The highest BCUT2D eigenvalue weighted by molar-refractivity contribution is 7.08. The van der Waals surface area contributed by atoms with E-state index < -0.39 is 0 Å². The van der Waals surface area contributed by atoms with Crippen molar-refractivity contribution in [3.8, 4) is 16.9 Å². The number of benzene rings is 2. The van der Waals surface area contributed by atoms with E-state index in [1.54, 1.807) is 28.2 Å². The zero-order valence-electron chi connectivity index (χ0n) is 14.0. The smallest absolute Gasteiger partial charge is 0.123 e. The topological polar surface area (TPSA) is 42.7 Å². The van der Waals surface area contributed by atoms with Gasteiger partial charge >= 0.3 is 0 Å². The molecule has 0 unspecified atom stereocenters. The lowest BCUT2D eigenvalue weighted by atomic mass is 10.2. The van der Waals surface area contributed by atoms with Gasteiger partial charge in [0.1, 0.15) is 11.5 Å². The highest BCUT2D eigenvalue weighted by Crippen LogP contribution is 2.20. The molecule has 0 bridgehead atoms. The van der Waals surface area contributed by atoms with E-state index in [1.165, 1.54) is 17.7 Å².